The fourth-order valence-corrected chi connectivity index (χ4v) is 4.31. The Labute approximate surface area is 183 Å². The van der Waals surface area contributed by atoms with Crippen LogP contribution in [0.3, 0.4) is 0 Å². The Kier molecular flexibility index (Phi) is 7.44. The van der Waals surface area contributed by atoms with E-state index < -0.39 is 6.04 Å². The number of benzene rings is 2. The molecule has 0 aromatic heterocycles. The zero-order chi connectivity index (χ0) is 20.8. The number of nitrogens with zero attached hydrogens (tertiary/aromatic N) is 1. The lowest BCUT2D eigenvalue weighted by Gasteiger charge is -2.19. The van der Waals surface area contributed by atoms with Crippen molar-refractivity contribution in [1.82, 2.24) is 10.2 Å². The Morgan fingerprint density at radius 1 is 1.24 bits per heavy atom. The summed E-state index contributed by atoms with van der Waals surface area (Å²) in [6.07, 6.45) is 2.20. The lowest BCUT2D eigenvalue weighted by molar-refractivity contribution is -0.129. The first kappa shape index (κ1) is 21.5. The van der Waals surface area contributed by atoms with Crippen molar-refractivity contribution in [3.05, 3.63) is 75.7 Å². The molecule has 1 saturated heterocycles. The third-order valence-corrected chi connectivity index (χ3v) is 5.85. The van der Waals surface area contributed by atoms with E-state index in [-0.39, 0.29) is 25.0 Å². The second-order valence-corrected chi connectivity index (χ2v) is 8.57. The molecule has 8 heteroatoms. The second kappa shape index (κ2) is 10.0. The van der Waals surface area contributed by atoms with Crippen LogP contribution in [0.2, 0.25) is 5.02 Å². The zero-order valence-electron chi connectivity index (χ0n) is 15.4. The lowest BCUT2D eigenvalue weighted by atomic mass is 10.1. The number of hydrogen-bond acceptors (Lipinski definition) is 5. The van der Waals surface area contributed by atoms with Crippen molar-refractivity contribution < 1.29 is 14.7 Å². The maximum atomic E-state index is 12.7. The number of aliphatic hydroxyl groups is 1. The van der Waals surface area contributed by atoms with E-state index in [1.54, 1.807) is 24.3 Å². The quantitative estimate of drug-likeness (QED) is 0.504. The molecule has 0 radical (unpaired) electrons. The zero-order valence-corrected chi connectivity index (χ0v) is 17.8. The number of amides is 2. The van der Waals surface area contributed by atoms with Crippen LogP contribution in [0.5, 0.6) is 0 Å². The molecule has 1 fully saturated rings. The molecule has 29 heavy (non-hydrogen) atoms. The summed E-state index contributed by atoms with van der Waals surface area (Å²) in [5, 5.41) is 12.9. The predicted molar refractivity (Wildman–Crippen MR) is 120 cm³/mol. The van der Waals surface area contributed by atoms with E-state index in [0.717, 1.165) is 22.9 Å². The van der Waals surface area contributed by atoms with Gasteiger partial charge in [-0.05, 0) is 35.8 Å². The van der Waals surface area contributed by atoms with Gasteiger partial charge in [0.15, 0.2) is 0 Å². The van der Waals surface area contributed by atoms with Crippen LogP contribution in [0.1, 0.15) is 11.1 Å². The molecular formula is C21H19ClN2O3S2. The average Bonchev–Trinajstić information content (AvgIpc) is 2.95. The van der Waals surface area contributed by atoms with Gasteiger partial charge in [-0.15, -0.1) is 0 Å². The first-order chi connectivity index (χ1) is 14.0. The Hall–Kier alpha value is -2.19. The number of aliphatic hydroxyl groups excluding tert-OH is 1. The van der Waals surface area contributed by atoms with Crippen LogP contribution >= 0.6 is 35.6 Å². The molecule has 0 unspecified atom stereocenters. The van der Waals surface area contributed by atoms with Crippen molar-refractivity contribution in [2.75, 3.05) is 13.2 Å². The van der Waals surface area contributed by atoms with Crippen LogP contribution in [0.25, 0.3) is 6.08 Å². The Balaban J connectivity index is 1.62. The SMILES string of the molecule is O=C(CN1C(=O)C(=Cc2cccc(Cl)c2)SC1=S)N[C@@H](CO)Cc1ccccc1. The van der Waals surface area contributed by atoms with E-state index >= 15 is 0 Å². The van der Waals surface area contributed by atoms with Crippen LogP contribution < -0.4 is 5.32 Å². The molecule has 2 amide bonds. The smallest absolute Gasteiger partial charge is 0.266 e. The maximum Gasteiger partial charge on any atom is 0.266 e. The van der Waals surface area contributed by atoms with Crippen molar-refractivity contribution in [2.24, 2.45) is 0 Å². The predicted octanol–water partition coefficient (Wildman–Crippen LogP) is 3.26. The average molecular weight is 447 g/mol. The summed E-state index contributed by atoms with van der Waals surface area (Å²) in [6, 6.07) is 16.3. The first-order valence-corrected chi connectivity index (χ1v) is 10.5. The van der Waals surface area contributed by atoms with Gasteiger partial charge in [-0.25, -0.2) is 0 Å². The van der Waals surface area contributed by atoms with Gasteiger partial charge in [0.1, 0.15) is 10.9 Å². The lowest BCUT2D eigenvalue weighted by Crippen LogP contribution is -2.45. The minimum Gasteiger partial charge on any atom is -0.394 e. The van der Waals surface area contributed by atoms with Crippen molar-refractivity contribution in [3.63, 3.8) is 0 Å². The van der Waals surface area contributed by atoms with Gasteiger partial charge in [0.05, 0.1) is 17.6 Å². The number of nitrogens with one attached hydrogen (secondary N) is 1. The van der Waals surface area contributed by atoms with Crippen LogP contribution in [-0.2, 0) is 16.0 Å². The van der Waals surface area contributed by atoms with Crippen molar-refractivity contribution in [1.29, 1.82) is 0 Å². The molecule has 1 heterocycles. The summed E-state index contributed by atoms with van der Waals surface area (Å²) < 4.78 is 0.321. The molecule has 1 aliphatic heterocycles. The highest BCUT2D eigenvalue weighted by molar-refractivity contribution is 8.26. The van der Waals surface area contributed by atoms with Gasteiger partial charge in [-0.3, -0.25) is 14.5 Å². The van der Waals surface area contributed by atoms with Gasteiger partial charge in [-0.2, -0.15) is 0 Å². The summed E-state index contributed by atoms with van der Waals surface area (Å²) in [5.74, 6) is -0.695. The monoisotopic (exact) mass is 446 g/mol. The van der Waals surface area contributed by atoms with E-state index in [2.05, 4.69) is 5.32 Å². The fraction of sp³-hybridized carbons (Fsp3) is 0.190. The van der Waals surface area contributed by atoms with Gasteiger partial charge in [0, 0.05) is 5.02 Å². The van der Waals surface area contributed by atoms with E-state index in [4.69, 9.17) is 23.8 Å². The highest BCUT2D eigenvalue weighted by Gasteiger charge is 2.33. The molecule has 2 aromatic rings. The minimum atomic E-state index is -0.440. The van der Waals surface area contributed by atoms with Crippen molar-refractivity contribution in [3.8, 4) is 0 Å². The van der Waals surface area contributed by atoms with Gasteiger partial charge < -0.3 is 10.4 Å². The second-order valence-electron chi connectivity index (χ2n) is 6.46. The summed E-state index contributed by atoms with van der Waals surface area (Å²) in [7, 11) is 0. The third-order valence-electron chi connectivity index (χ3n) is 4.23. The Bertz CT molecular complexity index is 950. The molecule has 5 nitrogen and oxygen atoms in total. The standard InChI is InChI=1S/C21H19ClN2O3S2/c22-16-8-4-7-15(9-16)11-18-20(27)24(21(28)29-18)12-19(26)23-17(13-25)10-14-5-2-1-3-6-14/h1-9,11,17,25H,10,12-13H2,(H,23,26)/t17-/m1/s1. The molecule has 0 saturated carbocycles. The van der Waals surface area contributed by atoms with E-state index in [1.165, 1.54) is 4.90 Å². The van der Waals surface area contributed by atoms with Crippen molar-refractivity contribution in [2.45, 2.75) is 12.5 Å². The van der Waals surface area contributed by atoms with Gasteiger partial charge in [0.25, 0.3) is 5.91 Å². The van der Waals surface area contributed by atoms with Gasteiger partial charge in [-0.1, -0.05) is 78.0 Å². The summed E-state index contributed by atoms with van der Waals surface area (Å²) in [6.45, 7) is -0.392. The number of thiocarbonyl (C=S) groups is 1. The summed E-state index contributed by atoms with van der Waals surface area (Å²) >= 11 is 12.4. The Morgan fingerprint density at radius 3 is 2.69 bits per heavy atom. The first-order valence-electron chi connectivity index (χ1n) is 8.91. The van der Waals surface area contributed by atoms with Crippen LogP contribution in [-0.4, -0.2) is 45.3 Å². The summed E-state index contributed by atoms with van der Waals surface area (Å²) in [5.41, 5.74) is 1.78. The summed E-state index contributed by atoms with van der Waals surface area (Å²) in [4.78, 5) is 26.8. The topological polar surface area (TPSA) is 69.6 Å². The molecule has 0 bridgehead atoms. The molecule has 3 rings (SSSR count). The van der Waals surface area contributed by atoms with Crippen molar-refractivity contribution >= 4 is 57.8 Å². The maximum absolute atomic E-state index is 12.7. The minimum absolute atomic E-state index is 0.192. The molecular weight excluding hydrogens is 428 g/mol. The van der Waals surface area contributed by atoms with Crippen LogP contribution in [0, 0.1) is 0 Å². The number of rotatable bonds is 7. The number of carbonyl (C=O) groups is 2. The number of thioether (sulfide) groups is 1. The van der Waals surface area contributed by atoms with E-state index in [9.17, 15) is 14.7 Å². The number of carbonyl (C=O) groups excluding carboxylic acids is 2. The van der Waals surface area contributed by atoms with E-state index in [1.807, 2.05) is 36.4 Å². The van der Waals surface area contributed by atoms with Gasteiger partial charge >= 0.3 is 0 Å². The fourth-order valence-electron chi connectivity index (χ4n) is 2.86. The molecule has 1 aliphatic rings. The normalized spacial score (nSPS) is 16.3. The molecule has 2 aromatic carbocycles. The highest BCUT2D eigenvalue weighted by Crippen LogP contribution is 2.32. The number of hydrogen-bond donors (Lipinski definition) is 2. The molecule has 150 valence electrons. The van der Waals surface area contributed by atoms with E-state index in [0.29, 0.717) is 20.7 Å². The third kappa shape index (κ3) is 5.90. The van der Waals surface area contributed by atoms with Crippen LogP contribution in [0.4, 0.5) is 0 Å². The highest BCUT2D eigenvalue weighted by atomic mass is 35.5. The Morgan fingerprint density at radius 2 is 2.00 bits per heavy atom. The largest absolute Gasteiger partial charge is 0.394 e. The molecule has 2 N–H and O–H groups in total. The molecule has 0 aliphatic carbocycles. The van der Waals surface area contributed by atoms with Gasteiger partial charge in [0.2, 0.25) is 5.91 Å². The van der Waals surface area contributed by atoms with Crippen LogP contribution in [0.15, 0.2) is 59.5 Å². The molecule has 0 spiro atoms. The molecule has 1 atom stereocenters. The number of halogens is 1.